The summed E-state index contributed by atoms with van der Waals surface area (Å²) < 4.78 is 0. The van der Waals surface area contributed by atoms with E-state index < -0.39 is 5.54 Å². The molecule has 2 amide bonds. The van der Waals surface area contributed by atoms with Gasteiger partial charge in [0.1, 0.15) is 11.6 Å². The van der Waals surface area contributed by atoms with E-state index in [9.17, 15) is 9.59 Å². The molecule has 1 aliphatic heterocycles. The highest BCUT2D eigenvalue weighted by Gasteiger charge is 2.55. The van der Waals surface area contributed by atoms with E-state index in [-0.39, 0.29) is 29.8 Å². The molecular formula is C16H24N2O2. The van der Waals surface area contributed by atoms with Crippen molar-refractivity contribution in [1.82, 2.24) is 10.2 Å². The van der Waals surface area contributed by atoms with E-state index in [0.717, 1.165) is 19.3 Å². The van der Waals surface area contributed by atoms with Crippen LogP contribution in [-0.4, -0.2) is 34.3 Å². The Labute approximate surface area is 121 Å². The number of piperazine rings is 1. The molecule has 0 aromatic rings. The molecule has 1 heterocycles. The third kappa shape index (κ3) is 2.30. The number of nitrogens with zero attached hydrogens (tertiary/aromatic N) is 1. The minimum absolute atomic E-state index is 0.0306. The van der Waals surface area contributed by atoms with Crippen molar-refractivity contribution in [2.45, 2.75) is 70.5 Å². The van der Waals surface area contributed by atoms with Crippen LogP contribution in [0.5, 0.6) is 0 Å². The number of rotatable bonds is 5. The first-order valence-corrected chi connectivity index (χ1v) is 7.57. The molecule has 2 fully saturated rings. The van der Waals surface area contributed by atoms with Crippen LogP contribution in [0, 0.1) is 18.3 Å². The SMILES string of the molecule is C#CCC(CC)N1C(=O)C(C)(C2CC2)NC(=O)C1CC. The molecule has 110 valence electrons. The average Bonchev–Trinajstić information content (AvgIpc) is 3.25. The zero-order chi connectivity index (χ0) is 14.9. The first-order valence-electron chi connectivity index (χ1n) is 7.57. The maximum Gasteiger partial charge on any atom is 0.249 e. The third-order valence-corrected chi connectivity index (χ3v) is 4.70. The molecule has 0 radical (unpaired) electrons. The second kappa shape index (κ2) is 5.47. The molecule has 20 heavy (non-hydrogen) atoms. The molecule has 1 N–H and O–H groups in total. The Morgan fingerprint density at radius 2 is 2.10 bits per heavy atom. The normalized spacial score (nSPS) is 31.7. The summed E-state index contributed by atoms with van der Waals surface area (Å²) in [6, 6.07) is -0.422. The Hall–Kier alpha value is -1.50. The van der Waals surface area contributed by atoms with Crippen molar-refractivity contribution in [3.8, 4) is 12.3 Å². The third-order valence-electron chi connectivity index (χ3n) is 4.70. The Morgan fingerprint density at radius 1 is 1.45 bits per heavy atom. The standard InChI is InChI=1S/C16H24N2O2/c1-5-8-12(6-2)18-13(7-3)14(19)17-16(4,15(18)20)11-9-10-11/h1,11-13H,6-10H2,2-4H3,(H,17,19). The van der Waals surface area contributed by atoms with Gasteiger partial charge in [-0.1, -0.05) is 13.8 Å². The van der Waals surface area contributed by atoms with Crippen molar-refractivity contribution in [2.75, 3.05) is 0 Å². The quantitative estimate of drug-likeness (QED) is 0.777. The molecule has 1 saturated heterocycles. The minimum Gasteiger partial charge on any atom is -0.340 e. The molecule has 4 nitrogen and oxygen atoms in total. The van der Waals surface area contributed by atoms with Crippen LogP contribution >= 0.6 is 0 Å². The number of amides is 2. The fraction of sp³-hybridized carbons (Fsp3) is 0.750. The summed E-state index contributed by atoms with van der Waals surface area (Å²) >= 11 is 0. The van der Waals surface area contributed by atoms with Crippen LogP contribution in [0.1, 0.15) is 52.9 Å². The molecule has 1 aliphatic carbocycles. The number of hydrogen-bond acceptors (Lipinski definition) is 2. The number of hydrogen-bond donors (Lipinski definition) is 1. The fourth-order valence-corrected chi connectivity index (χ4v) is 3.24. The number of terminal acetylenes is 1. The summed E-state index contributed by atoms with van der Waals surface area (Å²) in [5, 5.41) is 2.97. The monoisotopic (exact) mass is 276 g/mol. The van der Waals surface area contributed by atoms with Crippen LogP contribution in [0.25, 0.3) is 0 Å². The van der Waals surface area contributed by atoms with Crippen LogP contribution < -0.4 is 5.32 Å². The van der Waals surface area contributed by atoms with Gasteiger partial charge < -0.3 is 10.2 Å². The lowest BCUT2D eigenvalue weighted by Crippen LogP contribution is -2.71. The topological polar surface area (TPSA) is 49.4 Å². The van der Waals surface area contributed by atoms with Gasteiger partial charge in [-0.25, -0.2) is 0 Å². The zero-order valence-electron chi connectivity index (χ0n) is 12.6. The maximum atomic E-state index is 13.0. The van der Waals surface area contributed by atoms with Crippen molar-refractivity contribution < 1.29 is 9.59 Å². The minimum atomic E-state index is -0.731. The Morgan fingerprint density at radius 3 is 2.55 bits per heavy atom. The molecule has 0 spiro atoms. The lowest BCUT2D eigenvalue weighted by atomic mass is 9.87. The van der Waals surface area contributed by atoms with Gasteiger partial charge in [0.05, 0.1) is 0 Å². The van der Waals surface area contributed by atoms with Gasteiger partial charge in [-0.15, -0.1) is 12.3 Å². The van der Waals surface area contributed by atoms with Gasteiger partial charge in [0.25, 0.3) is 0 Å². The average molecular weight is 276 g/mol. The van der Waals surface area contributed by atoms with E-state index in [1.165, 1.54) is 0 Å². The first-order chi connectivity index (χ1) is 9.49. The predicted octanol–water partition coefficient (Wildman–Crippen LogP) is 1.69. The van der Waals surface area contributed by atoms with Crippen LogP contribution in [0.15, 0.2) is 0 Å². The summed E-state index contributed by atoms with van der Waals surface area (Å²) in [4.78, 5) is 27.1. The summed E-state index contributed by atoms with van der Waals surface area (Å²) in [5.74, 6) is 2.94. The predicted molar refractivity (Wildman–Crippen MR) is 77.7 cm³/mol. The van der Waals surface area contributed by atoms with Crippen molar-refractivity contribution in [3.05, 3.63) is 0 Å². The van der Waals surface area contributed by atoms with E-state index in [0.29, 0.717) is 12.8 Å². The van der Waals surface area contributed by atoms with Gasteiger partial charge in [0.2, 0.25) is 11.8 Å². The number of carbonyl (C=O) groups is 2. The van der Waals surface area contributed by atoms with Crippen LogP contribution in [0.4, 0.5) is 0 Å². The smallest absolute Gasteiger partial charge is 0.249 e. The van der Waals surface area contributed by atoms with Gasteiger partial charge in [0.15, 0.2) is 0 Å². The van der Waals surface area contributed by atoms with Gasteiger partial charge in [0, 0.05) is 12.5 Å². The largest absolute Gasteiger partial charge is 0.340 e. The lowest BCUT2D eigenvalue weighted by molar-refractivity contribution is -0.158. The summed E-state index contributed by atoms with van der Waals surface area (Å²) in [5.41, 5.74) is -0.731. The van der Waals surface area contributed by atoms with Gasteiger partial charge in [-0.2, -0.15) is 0 Å². The summed E-state index contributed by atoms with van der Waals surface area (Å²) in [6.45, 7) is 5.82. The molecule has 3 atom stereocenters. The Balaban J connectivity index is 2.34. The second-order valence-electron chi connectivity index (χ2n) is 6.07. The summed E-state index contributed by atoms with van der Waals surface area (Å²) in [6.07, 6.45) is 9.37. The van der Waals surface area contributed by atoms with Crippen molar-refractivity contribution in [1.29, 1.82) is 0 Å². The lowest BCUT2D eigenvalue weighted by Gasteiger charge is -2.47. The number of nitrogens with one attached hydrogen (secondary N) is 1. The van der Waals surface area contributed by atoms with E-state index in [2.05, 4.69) is 11.2 Å². The van der Waals surface area contributed by atoms with Crippen molar-refractivity contribution in [2.24, 2.45) is 5.92 Å². The molecule has 4 heteroatoms. The molecule has 2 aliphatic rings. The zero-order valence-corrected chi connectivity index (χ0v) is 12.6. The molecule has 1 saturated carbocycles. The van der Waals surface area contributed by atoms with E-state index in [1.807, 2.05) is 20.8 Å². The van der Waals surface area contributed by atoms with Crippen LogP contribution in [0.2, 0.25) is 0 Å². The summed E-state index contributed by atoms with van der Waals surface area (Å²) in [7, 11) is 0. The van der Waals surface area contributed by atoms with Crippen molar-refractivity contribution >= 4 is 11.8 Å². The molecule has 2 rings (SSSR count). The van der Waals surface area contributed by atoms with Gasteiger partial charge in [-0.05, 0) is 38.5 Å². The molecule has 0 aromatic heterocycles. The Bertz CT molecular complexity index is 450. The first kappa shape index (κ1) is 14.9. The van der Waals surface area contributed by atoms with Crippen LogP contribution in [0.3, 0.4) is 0 Å². The molecular weight excluding hydrogens is 252 g/mol. The van der Waals surface area contributed by atoms with E-state index in [4.69, 9.17) is 6.42 Å². The highest BCUT2D eigenvalue weighted by molar-refractivity contribution is 6.00. The highest BCUT2D eigenvalue weighted by Crippen LogP contribution is 2.43. The van der Waals surface area contributed by atoms with E-state index in [1.54, 1.807) is 4.90 Å². The van der Waals surface area contributed by atoms with Crippen molar-refractivity contribution in [3.63, 3.8) is 0 Å². The molecule has 0 bridgehead atoms. The second-order valence-corrected chi connectivity index (χ2v) is 6.07. The highest BCUT2D eigenvalue weighted by atomic mass is 16.2. The fourth-order valence-electron chi connectivity index (χ4n) is 3.24. The number of carbonyl (C=O) groups excluding carboxylic acids is 2. The van der Waals surface area contributed by atoms with Gasteiger partial charge >= 0.3 is 0 Å². The molecule has 3 unspecified atom stereocenters. The maximum absolute atomic E-state index is 13.0. The van der Waals surface area contributed by atoms with E-state index >= 15 is 0 Å². The van der Waals surface area contributed by atoms with Crippen LogP contribution in [-0.2, 0) is 9.59 Å². The Kier molecular flexibility index (Phi) is 4.08. The van der Waals surface area contributed by atoms with Gasteiger partial charge in [-0.3, -0.25) is 9.59 Å². The molecule has 0 aromatic carbocycles.